The highest BCUT2D eigenvalue weighted by Gasteiger charge is 2.14. The highest BCUT2D eigenvalue weighted by molar-refractivity contribution is 7.15. The maximum absolute atomic E-state index is 12.6. The van der Waals surface area contributed by atoms with Crippen molar-refractivity contribution in [3.8, 4) is 0 Å². The molecule has 2 aromatic heterocycles. The van der Waals surface area contributed by atoms with Crippen LogP contribution in [0.2, 0.25) is 0 Å². The molecule has 102 valence electrons. The summed E-state index contributed by atoms with van der Waals surface area (Å²) in [5.74, 6) is 0.185. The van der Waals surface area contributed by atoms with Gasteiger partial charge in [0, 0.05) is 17.3 Å². The first-order valence-electron chi connectivity index (χ1n) is 6.35. The van der Waals surface area contributed by atoms with Crippen molar-refractivity contribution in [3.63, 3.8) is 0 Å². The highest BCUT2D eigenvalue weighted by atomic mass is 32.1. The third kappa shape index (κ3) is 1.80. The van der Waals surface area contributed by atoms with Gasteiger partial charge in [-0.15, -0.1) is 0 Å². The molecule has 3 aromatic rings. The van der Waals surface area contributed by atoms with Crippen molar-refractivity contribution in [2.75, 3.05) is 5.73 Å². The number of nitrogens with two attached hydrogens (primary N) is 1. The van der Waals surface area contributed by atoms with Crippen molar-refractivity contribution in [1.29, 1.82) is 0 Å². The SMILES string of the molecule is CCCn1c(=O)c2ccccc2c2c(N)nc(=O)sc21. The van der Waals surface area contributed by atoms with E-state index in [9.17, 15) is 9.59 Å². The monoisotopic (exact) mass is 287 g/mol. The average Bonchev–Trinajstić information content (AvgIpc) is 2.42. The Morgan fingerprint density at radius 2 is 1.95 bits per heavy atom. The molecule has 0 fully saturated rings. The molecule has 0 saturated heterocycles. The molecule has 2 N–H and O–H groups in total. The molecule has 5 nitrogen and oxygen atoms in total. The molecule has 2 heterocycles. The van der Waals surface area contributed by atoms with Crippen molar-refractivity contribution in [2.45, 2.75) is 19.9 Å². The second-order valence-electron chi connectivity index (χ2n) is 4.55. The summed E-state index contributed by atoms with van der Waals surface area (Å²) in [5.41, 5.74) is 5.83. The molecule has 0 unspecified atom stereocenters. The third-order valence-corrected chi connectivity index (χ3v) is 4.11. The number of aromatic nitrogens is 2. The minimum absolute atomic E-state index is 0.0869. The molecule has 0 aliphatic heterocycles. The lowest BCUT2D eigenvalue weighted by molar-refractivity contribution is 0.686. The molecule has 3 rings (SSSR count). The highest BCUT2D eigenvalue weighted by Crippen LogP contribution is 2.27. The van der Waals surface area contributed by atoms with E-state index >= 15 is 0 Å². The summed E-state index contributed by atoms with van der Waals surface area (Å²) in [6.07, 6.45) is 0.802. The van der Waals surface area contributed by atoms with Gasteiger partial charge in [0.05, 0.1) is 5.39 Å². The Balaban J connectivity index is 2.67. The van der Waals surface area contributed by atoms with Crippen LogP contribution < -0.4 is 16.2 Å². The van der Waals surface area contributed by atoms with Crippen LogP contribution in [0.15, 0.2) is 33.9 Å². The van der Waals surface area contributed by atoms with Crippen LogP contribution in [0.5, 0.6) is 0 Å². The van der Waals surface area contributed by atoms with Gasteiger partial charge in [-0.05, 0) is 12.5 Å². The molecular weight excluding hydrogens is 274 g/mol. The summed E-state index contributed by atoms with van der Waals surface area (Å²) in [6.45, 7) is 2.54. The zero-order valence-corrected chi connectivity index (χ0v) is 11.7. The van der Waals surface area contributed by atoms with Crippen LogP contribution >= 0.6 is 11.3 Å². The van der Waals surface area contributed by atoms with E-state index in [0.717, 1.165) is 23.1 Å². The van der Waals surface area contributed by atoms with Gasteiger partial charge in [-0.1, -0.05) is 36.5 Å². The zero-order valence-electron chi connectivity index (χ0n) is 10.9. The van der Waals surface area contributed by atoms with Gasteiger partial charge in [0.2, 0.25) is 0 Å². The Bertz CT molecular complexity index is 927. The molecule has 0 saturated carbocycles. The fourth-order valence-electron chi connectivity index (χ4n) is 2.42. The summed E-state index contributed by atoms with van der Waals surface area (Å²) in [7, 11) is 0. The Morgan fingerprint density at radius 3 is 2.65 bits per heavy atom. The van der Waals surface area contributed by atoms with Gasteiger partial charge < -0.3 is 5.73 Å². The van der Waals surface area contributed by atoms with E-state index in [1.165, 1.54) is 0 Å². The van der Waals surface area contributed by atoms with Crippen molar-refractivity contribution in [1.82, 2.24) is 9.55 Å². The van der Waals surface area contributed by atoms with Gasteiger partial charge in [0.15, 0.2) is 0 Å². The molecule has 0 radical (unpaired) electrons. The number of anilines is 1. The Kier molecular flexibility index (Phi) is 3.02. The predicted octanol–water partition coefficient (Wildman–Crippen LogP) is 1.96. The number of rotatable bonds is 2. The second kappa shape index (κ2) is 4.72. The number of hydrogen-bond donors (Lipinski definition) is 1. The van der Waals surface area contributed by atoms with E-state index in [1.54, 1.807) is 10.6 Å². The molecule has 6 heteroatoms. The number of hydrogen-bond acceptors (Lipinski definition) is 5. The van der Waals surface area contributed by atoms with Crippen LogP contribution in [0.25, 0.3) is 21.0 Å². The quantitative estimate of drug-likeness (QED) is 0.731. The standard InChI is InChI=1S/C14H13N3O2S/c1-2-7-17-12(18)9-6-4-3-5-8(9)10-11(15)16-14(19)20-13(10)17/h3-6H,2,7H2,1H3,(H2,15,16,19). The van der Waals surface area contributed by atoms with Crippen LogP contribution in [-0.4, -0.2) is 9.55 Å². The van der Waals surface area contributed by atoms with Gasteiger partial charge in [0.1, 0.15) is 10.6 Å². The Morgan fingerprint density at radius 1 is 1.25 bits per heavy atom. The summed E-state index contributed by atoms with van der Waals surface area (Å²) in [6, 6.07) is 7.28. The van der Waals surface area contributed by atoms with Crippen LogP contribution in [0.4, 0.5) is 5.82 Å². The van der Waals surface area contributed by atoms with Crippen molar-refractivity contribution >= 4 is 38.1 Å². The van der Waals surface area contributed by atoms with E-state index in [2.05, 4.69) is 4.98 Å². The zero-order chi connectivity index (χ0) is 14.3. The summed E-state index contributed by atoms with van der Waals surface area (Å²) in [4.78, 5) is 28.2. The molecule has 20 heavy (non-hydrogen) atoms. The molecule has 0 atom stereocenters. The number of nitrogen functional groups attached to an aromatic ring is 1. The minimum atomic E-state index is -0.380. The lowest BCUT2D eigenvalue weighted by Crippen LogP contribution is -2.22. The number of aryl methyl sites for hydroxylation is 1. The van der Waals surface area contributed by atoms with Crippen LogP contribution in [0.3, 0.4) is 0 Å². The van der Waals surface area contributed by atoms with Crippen LogP contribution in [0.1, 0.15) is 13.3 Å². The largest absolute Gasteiger partial charge is 0.383 e. The Labute approximate surface area is 118 Å². The smallest absolute Gasteiger partial charge is 0.330 e. The van der Waals surface area contributed by atoms with Crippen LogP contribution in [0, 0.1) is 0 Å². The molecule has 0 amide bonds. The first-order valence-corrected chi connectivity index (χ1v) is 7.17. The topological polar surface area (TPSA) is 78.0 Å². The first kappa shape index (κ1) is 12.8. The summed E-state index contributed by atoms with van der Waals surface area (Å²) < 4.78 is 1.63. The minimum Gasteiger partial charge on any atom is -0.383 e. The van der Waals surface area contributed by atoms with Gasteiger partial charge in [-0.3, -0.25) is 14.2 Å². The normalized spacial score (nSPS) is 11.2. The molecular formula is C14H13N3O2S. The number of fused-ring (bicyclic) bond motifs is 3. The number of pyridine rings is 1. The van der Waals surface area contributed by atoms with Gasteiger partial charge >= 0.3 is 4.87 Å². The van der Waals surface area contributed by atoms with Gasteiger partial charge in [-0.2, -0.15) is 4.98 Å². The molecule has 1 aromatic carbocycles. The summed E-state index contributed by atoms with van der Waals surface area (Å²) in [5, 5.41) is 2.05. The third-order valence-electron chi connectivity index (χ3n) is 3.23. The van der Waals surface area contributed by atoms with Gasteiger partial charge in [-0.25, -0.2) is 0 Å². The van der Waals surface area contributed by atoms with E-state index in [0.29, 0.717) is 22.1 Å². The van der Waals surface area contributed by atoms with E-state index in [-0.39, 0.29) is 16.3 Å². The van der Waals surface area contributed by atoms with E-state index in [1.807, 2.05) is 25.1 Å². The lowest BCUT2D eigenvalue weighted by Gasteiger charge is -2.11. The van der Waals surface area contributed by atoms with Gasteiger partial charge in [0.25, 0.3) is 5.56 Å². The van der Waals surface area contributed by atoms with Crippen LogP contribution in [-0.2, 0) is 6.54 Å². The molecule has 0 spiro atoms. The molecule has 0 bridgehead atoms. The fraction of sp³-hybridized carbons (Fsp3) is 0.214. The van der Waals surface area contributed by atoms with Crippen molar-refractivity contribution in [3.05, 3.63) is 44.3 Å². The first-order chi connectivity index (χ1) is 9.63. The average molecular weight is 287 g/mol. The number of benzene rings is 1. The Hall–Kier alpha value is -2.21. The van der Waals surface area contributed by atoms with E-state index < -0.39 is 0 Å². The maximum Gasteiger partial charge on any atom is 0.330 e. The molecule has 0 aliphatic carbocycles. The predicted molar refractivity (Wildman–Crippen MR) is 82.4 cm³/mol. The number of nitrogens with zero attached hydrogens (tertiary/aromatic N) is 2. The van der Waals surface area contributed by atoms with Crippen molar-refractivity contribution in [2.24, 2.45) is 0 Å². The molecule has 0 aliphatic rings. The lowest BCUT2D eigenvalue weighted by atomic mass is 10.1. The van der Waals surface area contributed by atoms with Crippen molar-refractivity contribution < 1.29 is 0 Å². The second-order valence-corrected chi connectivity index (χ2v) is 5.49. The maximum atomic E-state index is 12.6. The fourth-order valence-corrected chi connectivity index (χ4v) is 3.33. The van der Waals surface area contributed by atoms with E-state index in [4.69, 9.17) is 5.73 Å². The summed E-state index contributed by atoms with van der Waals surface area (Å²) >= 11 is 0.968.